The van der Waals surface area contributed by atoms with Gasteiger partial charge in [-0.2, -0.15) is 0 Å². The van der Waals surface area contributed by atoms with E-state index in [0.717, 1.165) is 43.8 Å². The number of hydrogen-bond acceptors (Lipinski definition) is 4. The Hall–Kier alpha value is -6.14. The molecule has 8 rings (SSSR count). The molecule has 0 N–H and O–H groups in total. The number of rotatable bonds is 8. The van der Waals surface area contributed by atoms with Crippen molar-refractivity contribution in [1.29, 1.82) is 0 Å². The zero-order valence-corrected chi connectivity index (χ0v) is 26.6. The first-order valence-electron chi connectivity index (χ1n) is 15.9. The zero-order valence-electron chi connectivity index (χ0n) is 26.6. The predicted molar refractivity (Wildman–Crippen MR) is 189 cm³/mol. The summed E-state index contributed by atoms with van der Waals surface area (Å²) in [6.45, 7) is 0.554. The molecule has 48 heavy (non-hydrogen) atoms. The van der Waals surface area contributed by atoms with Gasteiger partial charge in [-0.15, -0.1) is 0 Å². The molecule has 0 aromatic heterocycles. The molecule has 2 aliphatic heterocycles. The summed E-state index contributed by atoms with van der Waals surface area (Å²) in [4.78, 5) is 33.3. The number of nitrogens with zero attached hydrogens (tertiary/aromatic N) is 2. The number of benzene rings is 6. The summed E-state index contributed by atoms with van der Waals surface area (Å²) >= 11 is 0. The van der Waals surface area contributed by atoms with Gasteiger partial charge in [0.25, 0.3) is 11.8 Å². The lowest BCUT2D eigenvalue weighted by molar-refractivity contribution is -0.124. The number of ether oxygens (including phenoxy) is 2. The van der Waals surface area contributed by atoms with Crippen molar-refractivity contribution in [3.63, 3.8) is 0 Å². The van der Waals surface area contributed by atoms with Gasteiger partial charge < -0.3 is 19.3 Å². The topological polar surface area (TPSA) is 59.1 Å². The molecule has 6 nitrogen and oxygen atoms in total. The fourth-order valence-electron chi connectivity index (χ4n) is 6.88. The van der Waals surface area contributed by atoms with Crippen LogP contribution in [-0.4, -0.2) is 35.8 Å². The maximum absolute atomic E-state index is 14.9. The van der Waals surface area contributed by atoms with Crippen LogP contribution in [0.1, 0.15) is 22.3 Å². The molecule has 6 heteroatoms. The van der Waals surface area contributed by atoms with Crippen LogP contribution in [-0.2, 0) is 22.7 Å². The van der Waals surface area contributed by atoms with E-state index in [2.05, 4.69) is 36.4 Å². The molecule has 0 aliphatic carbocycles. The van der Waals surface area contributed by atoms with Gasteiger partial charge in [0.15, 0.2) is 0 Å². The van der Waals surface area contributed by atoms with Gasteiger partial charge in [-0.25, -0.2) is 0 Å². The molecule has 2 amide bonds. The van der Waals surface area contributed by atoms with E-state index in [4.69, 9.17) is 9.47 Å². The summed E-state index contributed by atoms with van der Waals surface area (Å²) in [6, 6.07) is 43.9. The zero-order chi connectivity index (χ0) is 32.8. The van der Waals surface area contributed by atoms with Crippen LogP contribution in [0.3, 0.4) is 0 Å². The highest BCUT2D eigenvalue weighted by atomic mass is 16.5. The van der Waals surface area contributed by atoms with E-state index in [1.807, 2.05) is 97.1 Å². The van der Waals surface area contributed by atoms with Gasteiger partial charge in [0, 0.05) is 0 Å². The van der Waals surface area contributed by atoms with Crippen LogP contribution in [0.25, 0.3) is 32.9 Å². The summed E-state index contributed by atoms with van der Waals surface area (Å²) < 4.78 is 11.0. The molecule has 2 heterocycles. The third-order valence-electron chi connectivity index (χ3n) is 9.18. The van der Waals surface area contributed by atoms with E-state index in [0.29, 0.717) is 34.0 Å². The van der Waals surface area contributed by atoms with Crippen LogP contribution in [0.2, 0.25) is 0 Å². The fourth-order valence-corrected chi connectivity index (χ4v) is 6.88. The average Bonchev–Trinajstić information content (AvgIpc) is 3.57. The van der Waals surface area contributed by atoms with Crippen LogP contribution in [0.15, 0.2) is 145 Å². The third kappa shape index (κ3) is 4.99. The molecule has 0 bridgehead atoms. The highest BCUT2D eigenvalue weighted by molar-refractivity contribution is 6.30. The molecule has 0 saturated carbocycles. The van der Waals surface area contributed by atoms with Crippen molar-refractivity contribution in [3.8, 4) is 11.5 Å². The molecule has 0 spiro atoms. The van der Waals surface area contributed by atoms with Crippen molar-refractivity contribution >= 4 is 44.8 Å². The first kappa shape index (κ1) is 29.3. The monoisotopic (exact) mass is 628 g/mol. The lowest BCUT2D eigenvalue weighted by Gasteiger charge is -2.26. The number of carbonyl (C=O) groups excluding carboxylic acids is 2. The smallest absolute Gasteiger partial charge is 0.261 e. The quantitative estimate of drug-likeness (QED) is 0.170. The molecule has 0 atom stereocenters. The van der Waals surface area contributed by atoms with E-state index >= 15 is 0 Å². The molecular formula is C42H32N2O4. The van der Waals surface area contributed by atoms with Gasteiger partial charge in [-0.1, -0.05) is 97.1 Å². The van der Waals surface area contributed by atoms with E-state index in [-0.39, 0.29) is 24.9 Å². The number of hydrogen-bond donors (Lipinski definition) is 0. The standard InChI is InChI=1S/C42H32N2O4/c1-47-35-15-7-9-27(21-35)25-43-39(33-19-17-29-11-3-5-13-31(29)23-33)37-38(41(43)45)40(34-20-18-30-12-4-6-14-32(30)24-34)44(42(37)46)26-28-10-8-16-36(22-28)48-2/h3-24H,25-26H2,1-2H3. The first-order chi connectivity index (χ1) is 23.5. The summed E-state index contributed by atoms with van der Waals surface area (Å²) in [5.41, 5.74) is 5.48. The van der Waals surface area contributed by atoms with Crippen molar-refractivity contribution in [3.05, 3.63) is 167 Å². The highest BCUT2D eigenvalue weighted by Gasteiger charge is 2.49. The van der Waals surface area contributed by atoms with Gasteiger partial charge in [0.2, 0.25) is 0 Å². The van der Waals surface area contributed by atoms with Crippen molar-refractivity contribution in [1.82, 2.24) is 9.80 Å². The van der Waals surface area contributed by atoms with Crippen LogP contribution in [0.5, 0.6) is 11.5 Å². The lowest BCUT2D eigenvalue weighted by atomic mass is 9.99. The minimum Gasteiger partial charge on any atom is -0.497 e. The average molecular weight is 629 g/mol. The Morgan fingerprint density at radius 3 is 1.29 bits per heavy atom. The highest BCUT2D eigenvalue weighted by Crippen LogP contribution is 2.48. The Balaban J connectivity index is 1.36. The number of amides is 2. The molecular weight excluding hydrogens is 596 g/mol. The van der Waals surface area contributed by atoms with E-state index in [9.17, 15) is 9.59 Å². The second-order valence-electron chi connectivity index (χ2n) is 12.1. The third-order valence-corrected chi connectivity index (χ3v) is 9.18. The molecule has 0 fully saturated rings. The first-order valence-corrected chi connectivity index (χ1v) is 15.9. The maximum Gasteiger partial charge on any atom is 0.261 e. The number of fused-ring (bicyclic) bond motifs is 3. The Morgan fingerprint density at radius 1 is 0.458 bits per heavy atom. The van der Waals surface area contributed by atoms with Crippen molar-refractivity contribution in [2.75, 3.05) is 14.2 Å². The van der Waals surface area contributed by atoms with E-state index < -0.39 is 0 Å². The molecule has 234 valence electrons. The number of carbonyl (C=O) groups is 2. The van der Waals surface area contributed by atoms with Crippen LogP contribution < -0.4 is 9.47 Å². The molecule has 6 aromatic carbocycles. The summed E-state index contributed by atoms with van der Waals surface area (Å²) in [7, 11) is 3.26. The number of methoxy groups -OCH3 is 2. The summed E-state index contributed by atoms with van der Waals surface area (Å²) in [5.74, 6) is 0.993. The van der Waals surface area contributed by atoms with Crippen molar-refractivity contribution in [2.45, 2.75) is 13.1 Å². The van der Waals surface area contributed by atoms with Crippen molar-refractivity contribution in [2.24, 2.45) is 0 Å². The Labute approximate surface area is 278 Å². The minimum absolute atomic E-state index is 0.208. The Bertz CT molecular complexity index is 2170. The SMILES string of the molecule is COc1cccc(CN2C(=O)C3=C(c4ccc5ccccc5c4)N(Cc4cccc(OC)c4)C(=O)C3=C2c2ccc3ccccc3c2)c1. The molecule has 0 unspecified atom stereocenters. The molecule has 0 radical (unpaired) electrons. The fraction of sp³-hybridized carbons (Fsp3) is 0.0952. The second kappa shape index (κ2) is 11.9. The van der Waals surface area contributed by atoms with Crippen molar-refractivity contribution < 1.29 is 19.1 Å². The van der Waals surface area contributed by atoms with Gasteiger partial charge in [0.1, 0.15) is 11.5 Å². The largest absolute Gasteiger partial charge is 0.497 e. The maximum atomic E-state index is 14.9. The molecule has 0 saturated heterocycles. The van der Waals surface area contributed by atoms with Gasteiger partial charge in [0.05, 0.1) is 49.8 Å². The molecule has 2 aliphatic rings. The summed E-state index contributed by atoms with van der Waals surface area (Å²) in [6.07, 6.45) is 0. The summed E-state index contributed by atoms with van der Waals surface area (Å²) in [5, 5.41) is 4.23. The van der Waals surface area contributed by atoms with Gasteiger partial charge in [-0.3, -0.25) is 9.59 Å². The van der Waals surface area contributed by atoms with Crippen LogP contribution in [0, 0.1) is 0 Å². The Morgan fingerprint density at radius 2 is 0.875 bits per heavy atom. The lowest BCUT2D eigenvalue weighted by Crippen LogP contribution is -2.29. The molecule has 6 aromatic rings. The van der Waals surface area contributed by atoms with Crippen LogP contribution >= 0.6 is 0 Å². The Kier molecular flexibility index (Phi) is 7.26. The van der Waals surface area contributed by atoms with E-state index in [1.165, 1.54) is 0 Å². The van der Waals surface area contributed by atoms with Gasteiger partial charge >= 0.3 is 0 Å². The van der Waals surface area contributed by atoms with Gasteiger partial charge in [-0.05, 0) is 80.2 Å². The van der Waals surface area contributed by atoms with Crippen LogP contribution in [0.4, 0.5) is 0 Å². The predicted octanol–water partition coefficient (Wildman–Crippen LogP) is 8.22. The van der Waals surface area contributed by atoms with E-state index in [1.54, 1.807) is 24.0 Å². The minimum atomic E-state index is -0.208. The normalized spacial score (nSPS) is 14.5. The second-order valence-corrected chi connectivity index (χ2v) is 12.1.